The molecule has 5 nitrogen and oxygen atoms in total. The van der Waals surface area contributed by atoms with Crippen LogP contribution in [0.2, 0.25) is 0 Å². The van der Waals surface area contributed by atoms with Crippen LogP contribution in [0, 0.1) is 11.8 Å². The monoisotopic (exact) mass is 296 g/mol. The van der Waals surface area contributed by atoms with Gasteiger partial charge in [0.1, 0.15) is 10.7 Å². The minimum absolute atomic E-state index is 0.106. The summed E-state index contributed by atoms with van der Waals surface area (Å²) in [6, 6.07) is 0.198. The highest BCUT2D eigenvalue weighted by Gasteiger charge is 2.25. The normalized spacial score (nSPS) is 16.2. The van der Waals surface area contributed by atoms with E-state index >= 15 is 0 Å². The molecule has 0 saturated heterocycles. The van der Waals surface area contributed by atoms with Crippen molar-refractivity contribution >= 4 is 28.2 Å². The molecule has 1 aromatic heterocycles. The smallest absolute Gasteiger partial charge is 0.265 e. The van der Waals surface area contributed by atoms with Gasteiger partial charge in [-0.3, -0.25) is 4.79 Å². The summed E-state index contributed by atoms with van der Waals surface area (Å²) < 4.78 is 0. The summed E-state index contributed by atoms with van der Waals surface area (Å²) in [5, 5.41) is 6.93. The molecule has 0 bridgehead atoms. The number of nitrogen functional groups attached to an aromatic ring is 1. The largest absolute Gasteiger partial charge is 0.382 e. The van der Waals surface area contributed by atoms with Gasteiger partial charge < -0.3 is 16.4 Å². The van der Waals surface area contributed by atoms with Gasteiger partial charge >= 0.3 is 0 Å². The molecule has 6 heteroatoms. The van der Waals surface area contributed by atoms with Gasteiger partial charge in [0.15, 0.2) is 5.13 Å². The zero-order valence-corrected chi connectivity index (χ0v) is 13.2. The maximum Gasteiger partial charge on any atom is 0.265 e. The van der Waals surface area contributed by atoms with E-state index in [4.69, 9.17) is 5.73 Å². The van der Waals surface area contributed by atoms with E-state index in [-0.39, 0.29) is 11.9 Å². The molecule has 1 unspecified atom stereocenters. The SMILES string of the molecule is CC(C)CNc1nc(N)c(C(=O)NC(C)CC2CC2)s1. The first-order chi connectivity index (χ1) is 9.45. The van der Waals surface area contributed by atoms with Crippen molar-refractivity contribution in [3.63, 3.8) is 0 Å². The van der Waals surface area contributed by atoms with E-state index in [1.165, 1.54) is 24.2 Å². The number of nitrogens with one attached hydrogen (secondary N) is 2. The van der Waals surface area contributed by atoms with Gasteiger partial charge in [0.2, 0.25) is 0 Å². The lowest BCUT2D eigenvalue weighted by atomic mass is 10.1. The third-order valence-electron chi connectivity index (χ3n) is 3.28. The second-order valence-corrected chi connectivity index (χ2v) is 7.06. The molecule has 1 aliphatic carbocycles. The van der Waals surface area contributed by atoms with Crippen LogP contribution in [0.15, 0.2) is 0 Å². The van der Waals surface area contributed by atoms with Gasteiger partial charge in [-0.25, -0.2) is 4.98 Å². The topological polar surface area (TPSA) is 80.0 Å². The first-order valence-electron chi connectivity index (χ1n) is 7.26. The second kappa shape index (κ2) is 6.43. The molecule has 20 heavy (non-hydrogen) atoms. The Morgan fingerprint density at radius 3 is 2.75 bits per heavy atom. The zero-order chi connectivity index (χ0) is 14.7. The third kappa shape index (κ3) is 4.37. The maximum absolute atomic E-state index is 12.2. The number of nitrogens with two attached hydrogens (primary N) is 1. The van der Waals surface area contributed by atoms with E-state index in [0.717, 1.165) is 24.0 Å². The fourth-order valence-corrected chi connectivity index (χ4v) is 2.86. The lowest BCUT2D eigenvalue weighted by molar-refractivity contribution is 0.0942. The van der Waals surface area contributed by atoms with Crippen LogP contribution in [0.1, 0.15) is 49.7 Å². The number of hydrogen-bond donors (Lipinski definition) is 3. The first kappa shape index (κ1) is 15.1. The zero-order valence-electron chi connectivity index (χ0n) is 12.4. The van der Waals surface area contributed by atoms with Crippen LogP contribution >= 0.6 is 11.3 Å². The van der Waals surface area contributed by atoms with Crippen LogP contribution in [0.25, 0.3) is 0 Å². The Hall–Kier alpha value is -1.30. The standard InChI is InChI=1S/C14H24N4OS/c1-8(2)7-16-14-18-12(15)11(20-14)13(19)17-9(3)6-10-4-5-10/h8-10H,4-7,15H2,1-3H3,(H,16,18)(H,17,19). The van der Waals surface area contributed by atoms with Crippen molar-refractivity contribution in [3.8, 4) is 0 Å². The quantitative estimate of drug-likeness (QED) is 0.722. The molecule has 0 aromatic carbocycles. The van der Waals surface area contributed by atoms with Crippen molar-refractivity contribution in [1.29, 1.82) is 0 Å². The number of carbonyl (C=O) groups is 1. The van der Waals surface area contributed by atoms with E-state index in [2.05, 4.69) is 29.5 Å². The van der Waals surface area contributed by atoms with Crippen LogP contribution in [-0.4, -0.2) is 23.5 Å². The van der Waals surface area contributed by atoms with Gasteiger partial charge in [0.05, 0.1) is 0 Å². The number of thiazole rings is 1. The van der Waals surface area contributed by atoms with Crippen LogP contribution in [0.4, 0.5) is 10.9 Å². The molecule has 4 N–H and O–H groups in total. The van der Waals surface area contributed by atoms with Crippen molar-refractivity contribution in [3.05, 3.63) is 4.88 Å². The number of rotatable bonds is 7. The Morgan fingerprint density at radius 1 is 1.45 bits per heavy atom. The lowest BCUT2D eigenvalue weighted by Crippen LogP contribution is -2.32. The highest BCUT2D eigenvalue weighted by molar-refractivity contribution is 7.18. The Kier molecular flexibility index (Phi) is 4.86. The molecule has 1 atom stereocenters. The lowest BCUT2D eigenvalue weighted by Gasteiger charge is -2.12. The predicted octanol–water partition coefficient (Wildman–Crippen LogP) is 2.71. The first-order valence-corrected chi connectivity index (χ1v) is 8.08. The van der Waals surface area contributed by atoms with Gasteiger partial charge in [-0.2, -0.15) is 0 Å². The summed E-state index contributed by atoms with van der Waals surface area (Å²) in [6.45, 7) is 7.12. The van der Waals surface area contributed by atoms with Gasteiger partial charge in [-0.1, -0.05) is 38.0 Å². The minimum Gasteiger partial charge on any atom is -0.382 e. The molecule has 1 saturated carbocycles. The highest BCUT2D eigenvalue weighted by atomic mass is 32.1. The molecule has 112 valence electrons. The molecule has 1 heterocycles. The summed E-state index contributed by atoms with van der Waals surface area (Å²) in [5.74, 6) is 1.53. The molecule has 0 spiro atoms. The molecular weight excluding hydrogens is 272 g/mol. The highest BCUT2D eigenvalue weighted by Crippen LogP contribution is 2.33. The van der Waals surface area contributed by atoms with Crippen LogP contribution in [0.3, 0.4) is 0 Å². The maximum atomic E-state index is 12.2. The van der Waals surface area contributed by atoms with Crippen LogP contribution < -0.4 is 16.4 Å². The van der Waals surface area contributed by atoms with Crippen molar-refractivity contribution in [2.75, 3.05) is 17.6 Å². The third-order valence-corrected chi connectivity index (χ3v) is 4.31. The van der Waals surface area contributed by atoms with E-state index in [0.29, 0.717) is 16.6 Å². The molecule has 1 aliphatic rings. The number of hydrogen-bond acceptors (Lipinski definition) is 5. The fraction of sp³-hybridized carbons (Fsp3) is 0.714. The van der Waals surface area contributed by atoms with E-state index < -0.39 is 0 Å². The Labute approximate surface area is 124 Å². The molecule has 0 radical (unpaired) electrons. The van der Waals surface area contributed by atoms with Gasteiger partial charge in [-0.15, -0.1) is 0 Å². The number of amides is 1. The van der Waals surface area contributed by atoms with Crippen molar-refractivity contribution < 1.29 is 4.79 Å². The summed E-state index contributed by atoms with van der Waals surface area (Å²) >= 11 is 1.33. The van der Waals surface area contributed by atoms with Gasteiger partial charge in [0.25, 0.3) is 5.91 Å². The fourth-order valence-electron chi connectivity index (χ4n) is 2.06. The van der Waals surface area contributed by atoms with E-state index in [9.17, 15) is 4.79 Å². The summed E-state index contributed by atoms with van der Waals surface area (Å²) in [6.07, 6.45) is 3.65. The van der Waals surface area contributed by atoms with Gasteiger partial charge in [-0.05, 0) is 25.2 Å². The van der Waals surface area contributed by atoms with Crippen molar-refractivity contribution in [2.45, 2.75) is 46.1 Å². The Balaban J connectivity index is 1.91. The van der Waals surface area contributed by atoms with Gasteiger partial charge in [0, 0.05) is 12.6 Å². The molecule has 1 amide bonds. The van der Waals surface area contributed by atoms with Crippen molar-refractivity contribution in [2.24, 2.45) is 11.8 Å². The number of anilines is 2. The van der Waals surface area contributed by atoms with E-state index in [1.807, 2.05) is 6.92 Å². The van der Waals surface area contributed by atoms with Crippen LogP contribution in [-0.2, 0) is 0 Å². The number of carbonyl (C=O) groups excluding carboxylic acids is 1. The second-order valence-electron chi connectivity index (χ2n) is 6.06. The summed E-state index contributed by atoms with van der Waals surface area (Å²) in [5.41, 5.74) is 5.84. The number of aromatic nitrogens is 1. The van der Waals surface area contributed by atoms with Crippen LogP contribution in [0.5, 0.6) is 0 Å². The minimum atomic E-state index is -0.106. The summed E-state index contributed by atoms with van der Waals surface area (Å²) in [4.78, 5) is 16.9. The average molecular weight is 296 g/mol. The Bertz CT molecular complexity index is 468. The molecule has 0 aliphatic heterocycles. The molecule has 2 rings (SSSR count). The molecule has 1 fully saturated rings. The predicted molar refractivity (Wildman–Crippen MR) is 84.1 cm³/mol. The summed E-state index contributed by atoms with van der Waals surface area (Å²) in [7, 11) is 0. The molecule has 1 aromatic rings. The van der Waals surface area contributed by atoms with Crippen molar-refractivity contribution in [1.82, 2.24) is 10.3 Å². The molecular formula is C14H24N4OS. The van der Waals surface area contributed by atoms with E-state index in [1.54, 1.807) is 0 Å². The number of nitrogens with zero attached hydrogens (tertiary/aromatic N) is 1. The Morgan fingerprint density at radius 2 is 2.15 bits per heavy atom. The average Bonchev–Trinajstić information content (AvgIpc) is 3.07.